The summed E-state index contributed by atoms with van der Waals surface area (Å²) in [5, 5.41) is 11.9. The lowest BCUT2D eigenvalue weighted by atomic mass is 10.1. The SMILES string of the molecule is NC(=O)c1ccc(-c2nc(CSc3nnc(-c4ccccc4Br)n3N)cs2)cc1. The normalized spacial score (nSPS) is 10.9. The predicted molar refractivity (Wildman–Crippen MR) is 119 cm³/mol. The molecule has 0 saturated carbocycles. The third-order valence-corrected chi connectivity index (χ3v) is 6.70. The molecule has 2 aromatic heterocycles. The maximum Gasteiger partial charge on any atom is 0.248 e. The topological polar surface area (TPSA) is 113 Å². The molecule has 0 spiro atoms. The van der Waals surface area contributed by atoms with Gasteiger partial charge >= 0.3 is 0 Å². The van der Waals surface area contributed by atoms with Crippen LogP contribution in [0.1, 0.15) is 16.1 Å². The fourth-order valence-corrected chi connectivity index (χ4v) is 4.77. The molecule has 0 fully saturated rings. The number of thiazole rings is 1. The molecular weight excluding hydrogens is 472 g/mol. The molecule has 0 bridgehead atoms. The van der Waals surface area contributed by atoms with E-state index < -0.39 is 5.91 Å². The van der Waals surface area contributed by atoms with Gasteiger partial charge in [0.1, 0.15) is 5.01 Å². The minimum Gasteiger partial charge on any atom is -0.366 e. The number of nitrogen functional groups attached to an aromatic ring is 1. The number of nitrogens with two attached hydrogens (primary N) is 2. The number of rotatable bonds is 6. The summed E-state index contributed by atoms with van der Waals surface area (Å²) in [4.78, 5) is 15.8. The van der Waals surface area contributed by atoms with Crippen LogP contribution in [0.4, 0.5) is 0 Å². The van der Waals surface area contributed by atoms with Crippen molar-refractivity contribution in [3.05, 3.63) is 69.6 Å². The van der Waals surface area contributed by atoms with Crippen molar-refractivity contribution in [2.24, 2.45) is 5.73 Å². The summed E-state index contributed by atoms with van der Waals surface area (Å²) in [7, 11) is 0. The van der Waals surface area contributed by atoms with Crippen molar-refractivity contribution >= 4 is 44.9 Å². The first-order valence-corrected chi connectivity index (χ1v) is 11.1. The highest BCUT2D eigenvalue weighted by molar-refractivity contribution is 9.10. The van der Waals surface area contributed by atoms with E-state index in [0.717, 1.165) is 26.3 Å². The van der Waals surface area contributed by atoms with E-state index in [9.17, 15) is 4.79 Å². The number of nitrogens with zero attached hydrogens (tertiary/aromatic N) is 4. The summed E-state index contributed by atoms with van der Waals surface area (Å²) in [5.41, 5.74) is 8.49. The molecule has 146 valence electrons. The first-order valence-electron chi connectivity index (χ1n) is 8.46. The Bertz CT molecular complexity index is 1170. The number of primary amides is 1. The van der Waals surface area contributed by atoms with Gasteiger partial charge in [-0.25, -0.2) is 9.66 Å². The first-order chi connectivity index (χ1) is 14.0. The molecule has 29 heavy (non-hydrogen) atoms. The monoisotopic (exact) mass is 486 g/mol. The molecule has 0 aliphatic heterocycles. The third kappa shape index (κ3) is 4.19. The Hall–Kier alpha value is -2.69. The van der Waals surface area contributed by atoms with Crippen LogP contribution in [-0.4, -0.2) is 25.8 Å². The molecule has 0 unspecified atom stereocenters. The van der Waals surface area contributed by atoms with Gasteiger partial charge in [0, 0.05) is 32.3 Å². The number of benzene rings is 2. The third-order valence-electron chi connectivity index (χ3n) is 4.10. The summed E-state index contributed by atoms with van der Waals surface area (Å²) in [6.45, 7) is 0. The van der Waals surface area contributed by atoms with Crippen molar-refractivity contribution < 1.29 is 4.79 Å². The van der Waals surface area contributed by atoms with Crippen LogP contribution in [0, 0.1) is 0 Å². The lowest BCUT2D eigenvalue weighted by Crippen LogP contribution is -2.11. The number of amides is 1. The van der Waals surface area contributed by atoms with Crippen LogP contribution in [0.5, 0.6) is 0 Å². The summed E-state index contributed by atoms with van der Waals surface area (Å²) in [5.74, 6) is 6.96. The van der Waals surface area contributed by atoms with Crippen LogP contribution >= 0.6 is 39.0 Å². The van der Waals surface area contributed by atoms with Crippen LogP contribution in [0.25, 0.3) is 22.0 Å². The minimum absolute atomic E-state index is 0.444. The van der Waals surface area contributed by atoms with E-state index in [1.807, 2.05) is 41.8 Å². The van der Waals surface area contributed by atoms with Gasteiger partial charge in [0.25, 0.3) is 0 Å². The second-order valence-electron chi connectivity index (χ2n) is 6.03. The molecule has 0 aliphatic carbocycles. The number of carbonyl (C=O) groups excluding carboxylic acids is 1. The van der Waals surface area contributed by atoms with Crippen molar-refractivity contribution in [3.8, 4) is 22.0 Å². The Kier molecular flexibility index (Phi) is 5.65. The first kappa shape index (κ1) is 19.6. The number of halogens is 1. The summed E-state index contributed by atoms with van der Waals surface area (Å²) in [6, 6.07) is 14.8. The smallest absolute Gasteiger partial charge is 0.248 e. The van der Waals surface area contributed by atoms with Gasteiger partial charge in [-0.15, -0.1) is 21.5 Å². The van der Waals surface area contributed by atoms with Crippen LogP contribution < -0.4 is 11.6 Å². The molecule has 2 aromatic carbocycles. The Morgan fingerprint density at radius 2 is 1.90 bits per heavy atom. The van der Waals surface area contributed by atoms with Crippen molar-refractivity contribution in [2.45, 2.75) is 10.9 Å². The lowest BCUT2D eigenvalue weighted by molar-refractivity contribution is 0.100. The van der Waals surface area contributed by atoms with E-state index in [1.165, 1.54) is 27.8 Å². The van der Waals surface area contributed by atoms with Crippen molar-refractivity contribution in [1.29, 1.82) is 0 Å². The zero-order valence-electron chi connectivity index (χ0n) is 14.9. The minimum atomic E-state index is -0.444. The lowest BCUT2D eigenvalue weighted by Gasteiger charge is -2.04. The number of hydrogen-bond acceptors (Lipinski definition) is 7. The molecule has 4 N–H and O–H groups in total. The highest BCUT2D eigenvalue weighted by Gasteiger charge is 2.15. The summed E-state index contributed by atoms with van der Waals surface area (Å²) in [6.07, 6.45) is 0. The maximum absolute atomic E-state index is 11.2. The van der Waals surface area contributed by atoms with Crippen LogP contribution in [0.2, 0.25) is 0 Å². The van der Waals surface area contributed by atoms with Crippen molar-refractivity contribution in [3.63, 3.8) is 0 Å². The molecule has 1 amide bonds. The second-order valence-corrected chi connectivity index (χ2v) is 8.69. The molecule has 0 aliphatic rings. The van der Waals surface area contributed by atoms with Gasteiger partial charge in [0.2, 0.25) is 11.1 Å². The van der Waals surface area contributed by atoms with E-state index in [0.29, 0.717) is 22.3 Å². The average Bonchev–Trinajstić information content (AvgIpc) is 3.34. The molecule has 10 heteroatoms. The Morgan fingerprint density at radius 3 is 2.62 bits per heavy atom. The van der Waals surface area contributed by atoms with Crippen LogP contribution in [0.15, 0.2) is 63.5 Å². The molecule has 7 nitrogen and oxygen atoms in total. The molecule has 0 saturated heterocycles. The standard InChI is InChI=1S/C19H15BrN6OS2/c20-15-4-2-1-3-14(15)17-24-25-19(26(17)22)29-10-13-9-28-18(23-13)12-7-5-11(6-8-12)16(21)27/h1-9H,10,22H2,(H2,21,27). The molecule has 4 rings (SSSR count). The fraction of sp³-hybridized carbons (Fsp3) is 0.0526. The molecule has 0 atom stereocenters. The number of aromatic nitrogens is 4. The zero-order chi connectivity index (χ0) is 20.4. The zero-order valence-corrected chi connectivity index (χ0v) is 18.2. The van der Waals surface area contributed by atoms with Gasteiger partial charge in [-0.05, 0) is 24.3 Å². The Labute approximate surface area is 183 Å². The number of hydrogen-bond donors (Lipinski definition) is 2. The summed E-state index contributed by atoms with van der Waals surface area (Å²) < 4.78 is 2.39. The van der Waals surface area contributed by atoms with Crippen LogP contribution in [0.3, 0.4) is 0 Å². The Balaban J connectivity index is 1.47. The van der Waals surface area contributed by atoms with E-state index in [1.54, 1.807) is 12.1 Å². The van der Waals surface area contributed by atoms with E-state index in [2.05, 4.69) is 31.1 Å². The largest absolute Gasteiger partial charge is 0.366 e. The molecule has 0 radical (unpaired) electrons. The Morgan fingerprint density at radius 1 is 1.14 bits per heavy atom. The molecule has 2 heterocycles. The van der Waals surface area contributed by atoms with Crippen molar-refractivity contribution in [1.82, 2.24) is 19.9 Å². The highest BCUT2D eigenvalue weighted by Crippen LogP contribution is 2.30. The predicted octanol–water partition coefficient (Wildman–Crippen LogP) is 3.94. The van der Waals surface area contributed by atoms with Gasteiger partial charge in [-0.2, -0.15) is 0 Å². The van der Waals surface area contributed by atoms with Crippen molar-refractivity contribution in [2.75, 3.05) is 5.84 Å². The molecule has 4 aromatic rings. The second kappa shape index (κ2) is 8.36. The van der Waals surface area contributed by atoms with Gasteiger partial charge in [0.05, 0.1) is 5.69 Å². The van der Waals surface area contributed by atoms with E-state index >= 15 is 0 Å². The molecular formula is C19H15BrN6OS2. The van der Waals surface area contributed by atoms with Crippen LogP contribution in [-0.2, 0) is 5.75 Å². The fourth-order valence-electron chi connectivity index (χ4n) is 2.62. The van der Waals surface area contributed by atoms with Gasteiger partial charge in [0.15, 0.2) is 5.82 Å². The summed E-state index contributed by atoms with van der Waals surface area (Å²) >= 11 is 6.52. The van der Waals surface area contributed by atoms with E-state index in [-0.39, 0.29) is 0 Å². The highest BCUT2D eigenvalue weighted by atomic mass is 79.9. The van der Waals surface area contributed by atoms with Gasteiger partial charge < -0.3 is 11.6 Å². The van der Waals surface area contributed by atoms with Gasteiger partial charge in [-0.3, -0.25) is 4.79 Å². The number of thioether (sulfide) groups is 1. The quantitative estimate of drug-likeness (QED) is 0.315. The van der Waals surface area contributed by atoms with Gasteiger partial charge in [-0.1, -0.05) is 52.0 Å². The number of carbonyl (C=O) groups is 1. The van der Waals surface area contributed by atoms with E-state index in [4.69, 9.17) is 11.6 Å². The maximum atomic E-state index is 11.2. The average molecular weight is 487 g/mol.